The van der Waals surface area contributed by atoms with Crippen molar-refractivity contribution in [2.24, 2.45) is 0 Å². The van der Waals surface area contributed by atoms with Gasteiger partial charge >= 0.3 is 5.97 Å². The van der Waals surface area contributed by atoms with Crippen LogP contribution in [0.15, 0.2) is 12.7 Å². The number of carbonyl (C=O) groups excluding carboxylic acids is 1. The average molecular weight is 538 g/mol. The summed E-state index contributed by atoms with van der Waals surface area (Å²) in [4.78, 5) is 24.7. The Balaban J connectivity index is 2.13. The number of anilines is 1. The van der Waals surface area contributed by atoms with E-state index in [1.807, 2.05) is 4.57 Å². The molecule has 4 atom stereocenters. The third-order valence-corrected chi connectivity index (χ3v) is 16.8. The summed E-state index contributed by atoms with van der Waals surface area (Å²) in [5.74, 6) is -0.0762. The number of nitrogens with two attached hydrogens (primary N) is 1. The van der Waals surface area contributed by atoms with Gasteiger partial charge in [0.05, 0.1) is 6.33 Å². The largest absolute Gasteiger partial charge is 0.463 e. The van der Waals surface area contributed by atoms with Crippen LogP contribution in [-0.4, -0.2) is 67.0 Å². The van der Waals surface area contributed by atoms with E-state index in [4.69, 9.17) is 24.1 Å². The van der Waals surface area contributed by atoms with Crippen molar-refractivity contribution >= 4 is 39.6 Å². The Morgan fingerprint density at radius 1 is 1.00 bits per heavy atom. The smallest absolute Gasteiger partial charge is 0.302 e. The van der Waals surface area contributed by atoms with Gasteiger partial charge in [0.1, 0.15) is 36.8 Å². The highest BCUT2D eigenvalue weighted by Crippen LogP contribution is 2.46. The van der Waals surface area contributed by atoms with Crippen molar-refractivity contribution < 1.29 is 23.1 Å². The van der Waals surface area contributed by atoms with E-state index >= 15 is 0 Å². The third kappa shape index (κ3) is 5.67. The summed E-state index contributed by atoms with van der Waals surface area (Å²) in [5, 5.41) is -0.0847. The van der Waals surface area contributed by atoms with Crippen LogP contribution in [0.1, 0.15) is 54.7 Å². The standard InChI is InChI=1S/C24H43N5O5Si2/c1-15(30)31-12-16-18(33-35(8,9)23(2,3)4)19(34-36(10,11)24(5,6)7)22(32-16)29-14-28-17-20(25)26-13-27-21(17)29/h13-14,16,18-19,22H,12H2,1-11H3,(H2,25,26,27)/t16-,18?,19?,22-/m1/s1. The Labute approximate surface area is 216 Å². The van der Waals surface area contributed by atoms with Crippen molar-refractivity contribution in [1.82, 2.24) is 19.5 Å². The quantitative estimate of drug-likeness (QED) is 0.397. The lowest BCUT2D eigenvalue weighted by Crippen LogP contribution is -2.54. The van der Waals surface area contributed by atoms with Crippen LogP contribution in [0, 0.1) is 0 Å². The molecular weight excluding hydrogens is 494 g/mol. The molecule has 2 aromatic rings. The molecule has 3 heterocycles. The van der Waals surface area contributed by atoms with Crippen LogP contribution in [0.3, 0.4) is 0 Å². The minimum atomic E-state index is -2.28. The van der Waals surface area contributed by atoms with E-state index in [-0.39, 0.29) is 22.7 Å². The van der Waals surface area contributed by atoms with Crippen LogP contribution in [0.5, 0.6) is 0 Å². The van der Waals surface area contributed by atoms with E-state index in [0.717, 1.165) is 0 Å². The zero-order chi connectivity index (χ0) is 27.3. The molecule has 0 aromatic carbocycles. The van der Waals surface area contributed by atoms with E-state index in [2.05, 4.69) is 82.7 Å². The summed E-state index contributed by atoms with van der Waals surface area (Å²) in [6.45, 7) is 23.5. The van der Waals surface area contributed by atoms with Crippen molar-refractivity contribution in [1.29, 1.82) is 0 Å². The molecule has 0 aliphatic carbocycles. The molecule has 0 bridgehead atoms. The molecule has 0 amide bonds. The number of carbonyl (C=O) groups is 1. The molecule has 10 nitrogen and oxygen atoms in total. The predicted molar refractivity (Wildman–Crippen MR) is 144 cm³/mol. The topological polar surface area (TPSA) is 124 Å². The molecule has 0 saturated carbocycles. The summed E-state index contributed by atoms with van der Waals surface area (Å²) < 4.78 is 27.9. The van der Waals surface area contributed by atoms with Crippen molar-refractivity contribution in [3.05, 3.63) is 12.7 Å². The van der Waals surface area contributed by atoms with E-state index in [9.17, 15) is 4.79 Å². The maximum absolute atomic E-state index is 11.7. The van der Waals surface area contributed by atoms with E-state index in [0.29, 0.717) is 17.0 Å². The number of imidazole rings is 1. The monoisotopic (exact) mass is 537 g/mol. The molecule has 1 aliphatic rings. The van der Waals surface area contributed by atoms with Crippen LogP contribution in [0.25, 0.3) is 11.2 Å². The first kappa shape index (κ1) is 28.7. The minimum Gasteiger partial charge on any atom is -0.463 e. The van der Waals surface area contributed by atoms with Gasteiger partial charge in [-0.3, -0.25) is 9.36 Å². The number of rotatable bonds is 7. The number of fused-ring (bicyclic) bond motifs is 1. The molecule has 3 rings (SSSR count). The minimum absolute atomic E-state index is 0.0397. The number of nitrogens with zero attached hydrogens (tertiary/aromatic N) is 4. The number of ether oxygens (including phenoxy) is 2. The van der Waals surface area contributed by atoms with Crippen molar-refractivity contribution in [2.75, 3.05) is 12.3 Å². The van der Waals surface area contributed by atoms with Crippen LogP contribution in [-0.2, 0) is 23.1 Å². The van der Waals surface area contributed by atoms with Crippen molar-refractivity contribution in [3.63, 3.8) is 0 Å². The zero-order valence-electron chi connectivity index (χ0n) is 23.6. The lowest BCUT2D eigenvalue weighted by atomic mass is 10.1. The van der Waals surface area contributed by atoms with Gasteiger partial charge in [-0.05, 0) is 36.3 Å². The summed E-state index contributed by atoms with van der Waals surface area (Å²) in [7, 11) is -4.55. The molecule has 1 saturated heterocycles. The van der Waals surface area contributed by atoms with Crippen LogP contribution in [0.4, 0.5) is 5.82 Å². The molecule has 1 fully saturated rings. The molecule has 1 aliphatic heterocycles. The molecule has 12 heteroatoms. The molecule has 0 radical (unpaired) electrons. The number of hydrogen-bond donors (Lipinski definition) is 1. The Morgan fingerprint density at radius 2 is 1.56 bits per heavy atom. The van der Waals surface area contributed by atoms with Crippen molar-refractivity contribution in [2.45, 2.75) is 109 Å². The van der Waals surface area contributed by atoms with Gasteiger partial charge in [-0.25, -0.2) is 15.0 Å². The van der Waals surface area contributed by atoms with Gasteiger partial charge in [-0.15, -0.1) is 0 Å². The molecule has 2 unspecified atom stereocenters. The number of esters is 1. The fourth-order valence-electron chi connectivity index (χ4n) is 3.62. The van der Waals surface area contributed by atoms with Gasteiger partial charge in [-0.2, -0.15) is 0 Å². The highest BCUT2D eigenvalue weighted by atomic mass is 28.4. The van der Waals surface area contributed by atoms with Gasteiger partial charge in [0, 0.05) is 6.92 Å². The number of nitrogen functional groups attached to an aromatic ring is 1. The van der Waals surface area contributed by atoms with Gasteiger partial charge < -0.3 is 24.1 Å². The van der Waals surface area contributed by atoms with Gasteiger partial charge in [-0.1, -0.05) is 41.5 Å². The second-order valence-electron chi connectivity index (χ2n) is 12.6. The second kappa shape index (κ2) is 9.78. The molecule has 2 aromatic heterocycles. The summed E-state index contributed by atoms with van der Waals surface area (Å²) >= 11 is 0. The Bertz CT molecular complexity index is 1090. The Morgan fingerprint density at radius 3 is 2.08 bits per heavy atom. The van der Waals surface area contributed by atoms with E-state index < -0.39 is 41.2 Å². The first-order chi connectivity index (χ1) is 16.4. The Hall–Kier alpha value is -1.87. The van der Waals surface area contributed by atoms with E-state index in [1.165, 1.54) is 13.3 Å². The van der Waals surface area contributed by atoms with Gasteiger partial charge in [0.15, 0.2) is 34.3 Å². The second-order valence-corrected chi connectivity index (χ2v) is 22.1. The lowest BCUT2D eigenvalue weighted by molar-refractivity contribution is -0.147. The molecule has 0 spiro atoms. The molecule has 202 valence electrons. The Kier molecular flexibility index (Phi) is 7.80. The molecule has 2 N–H and O–H groups in total. The molecular formula is C24H43N5O5Si2. The average Bonchev–Trinajstić information content (AvgIpc) is 3.27. The first-order valence-corrected chi connectivity index (χ1v) is 18.2. The molecule has 36 heavy (non-hydrogen) atoms. The van der Waals surface area contributed by atoms with Crippen molar-refractivity contribution in [3.8, 4) is 0 Å². The first-order valence-electron chi connectivity index (χ1n) is 12.4. The maximum atomic E-state index is 11.7. The normalized spacial score (nSPS) is 23.9. The fraction of sp³-hybridized carbons (Fsp3) is 0.750. The SMILES string of the molecule is CC(=O)OC[C@H]1O[C@@H](n2cnc3c(N)ncnc32)C(O[Si](C)(C)C(C)(C)C)C1O[Si](C)(C)C(C)(C)C. The van der Waals surface area contributed by atoms with Crippen LogP contribution >= 0.6 is 0 Å². The highest BCUT2D eigenvalue weighted by molar-refractivity contribution is 6.74. The van der Waals surface area contributed by atoms with Crippen LogP contribution < -0.4 is 5.73 Å². The summed E-state index contributed by atoms with van der Waals surface area (Å²) in [6.07, 6.45) is 0.998. The number of hydrogen-bond acceptors (Lipinski definition) is 9. The van der Waals surface area contributed by atoms with Gasteiger partial charge in [0.2, 0.25) is 0 Å². The predicted octanol–water partition coefficient (Wildman–Crippen LogP) is 4.65. The maximum Gasteiger partial charge on any atom is 0.302 e. The van der Waals surface area contributed by atoms with E-state index in [1.54, 1.807) is 6.33 Å². The summed E-state index contributed by atoms with van der Waals surface area (Å²) in [5.41, 5.74) is 7.11. The lowest BCUT2D eigenvalue weighted by Gasteiger charge is -2.44. The van der Waals surface area contributed by atoms with Gasteiger partial charge in [0.25, 0.3) is 0 Å². The summed E-state index contributed by atoms with van der Waals surface area (Å²) in [6, 6.07) is 0. The van der Waals surface area contributed by atoms with Crippen LogP contribution in [0.2, 0.25) is 36.3 Å². The third-order valence-electron chi connectivity index (χ3n) is 7.87. The zero-order valence-corrected chi connectivity index (χ0v) is 25.6. The number of aromatic nitrogens is 4. The fourth-order valence-corrected chi connectivity index (χ4v) is 6.23. The highest BCUT2D eigenvalue weighted by Gasteiger charge is 2.54.